The van der Waals surface area contributed by atoms with Gasteiger partial charge in [-0.15, -0.1) is 0 Å². The Kier molecular flexibility index (Phi) is 5.18. The van der Waals surface area contributed by atoms with Crippen molar-refractivity contribution < 1.29 is 19.4 Å². The van der Waals surface area contributed by atoms with Crippen LogP contribution in [0.4, 0.5) is 20.7 Å². The van der Waals surface area contributed by atoms with E-state index in [1.54, 1.807) is 19.2 Å². The predicted octanol–water partition coefficient (Wildman–Crippen LogP) is 3.55. The molecule has 0 unspecified atom stereocenters. The Hall–Kier alpha value is -3.26. The lowest BCUT2D eigenvalue weighted by Gasteiger charge is -2.14. The number of aryl methyl sites for hydroxylation is 2. The lowest BCUT2D eigenvalue weighted by atomic mass is 9.97. The second-order valence-electron chi connectivity index (χ2n) is 6.11. The summed E-state index contributed by atoms with van der Waals surface area (Å²) < 4.78 is 14.0. The molecule has 4 N–H and O–H groups in total. The molecule has 0 radical (unpaired) electrons. The number of anilines is 2. The van der Waals surface area contributed by atoms with Crippen LogP contribution >= 0.6 is 0 Å². The average molecular weight is 370 g/mol. The number of amides is 1. The van der Waals surface area contributed by atoms with Crippen LogP contribution in [0.25, 0.3) is 22.0 Å². The SMILES string of the molecule is Cc1cc(F)c(NC(=O)O)cc1-c1cc2cnc(NCCO)cc2nc1C. The topological polar surface area (TPSA) is 107 Å². The van der Waals surface area contributed by atoms with Gasteiger partial charge in [0.2, 0.25) is 0 Å². The molecule has 0 saturated heterocycles. The molecule has 0 saturated carbocycles. The fraction of sp³-hybridized carbons (Fsp3) is 0.211. The van der Waals surface area contributed by atoms with Gasteiger partial charge in [0.05, 0.1) is 17.8 Å². The summed E-state index contributed by atoms with van der Waals surface area (Å²) in [5, 5.41) is 23.6. The Bertz CT molecular complexity index is 1020. The number of carbonyl (C=O) groups is 1. The molecule has 0 fully saturated rings. The quantitative estimate of drug-likeness (QED) is 0.547. The van der Waals surface area contributed by atoms with Crippen LogP contribution in [0, 0.1) is 19.7 Å². The van der Waals surface area contributed by atoms with Crippen LogP contribution in [0.15, 0.2) is 30.5 Å². The first-order chi connectivity index (χ1) is 12.9. The van der Waals surface area contributed by atoms with Gasteiger partial charge in [-0.3, -0.25) is 10.3 Å². The molecule has 0 aliphatic carbocycles. The molecule has 0 spiro atoms. The number of nitrogens with zero attached hydrogens (tertiary/aromatic N) is 2. The molecule has 3 rings (SSSR count). The number of fused-ring (bicyclic) bond motifs is 1. The monoisotopic (exact) mass is 370 g/mol. The van der Waals surface area contributed by atoms with E-state index in [2.05, 4.69) is 20.6 Å². The van der Waals surface area contributed by atoms with E-state index in [0.29, 0.717) is 23.5 Å². The Morgan fingerprint density at radius 3 is 2.67 bits per heavy atom. The number of halogens is 1. The second kappa shape index (κ2) is 7.55. The van der Waals surface area contributed by atoms with Crippen LogP contribution in [-0.2, 0) is 0 Å². The molecule has 0 atom stereocenters. The number of aliphatic hydroxyl groups is 1. The maximum absolute atomic E-state index is 14.0. The lowest BCUT2D eigenvalue weighted by molar-refractivity contribution is 0.209. The van der Waals surface area contributed by atoms with E-state index in [1.165, 1.54) is 12.1 Å². The van der Waals surface area contributed by atoms with Crippen LogP contribution in [0.5, 0.6) is 0 Å². The minimum atomic E-state index is -1.33. The highest BCUT2D eigenvalue weighted by molar-refractivity contribution is 5.89. The summed E-state index contributed by atoms with van der Waals surface area (Å²) in [6.07, 6.45) is 0.337. The number of aliphatic hydroxyl groups excluding tert-OH is 1. The number of hydrogen-bond acceptors (Lipinski definition) is 5. The van der Waals surface area contributed by atoms with Gasteiger partial charge in [0.1, 0.15) is 11.6 Å². The molecule has 27 heavy (non-hydrogen) atoms. The standard InChI is InChI=1S/C19H19FN4O3/c1-10-5-15(20)17(24-19(26)27)7-13(10)14-6-12-9-22-18(21-3-4-25)8-16(12)23-11(14)2/h5-9,24-25H,3-4H2,1-2H3,(H,21,22)(H,26,27). The van der Waals surface area contributed by atoms with E-state index in [9.17, 15) is 9.18 Å². The minimum Gasteiger partial charge on any atom is -0.465 e. The molecule has 0 aliphatic heterocycles. The molecule has 2 heterocycles. The molecular weight excluding hydrogens is 351 g/mol. The molecule has 140 valence electrons. The Labute approximate surface area is 154 Å². The summed E-state index contributed by atoms with van der Waals surface area (Å²) in [6, 6.07) is 6.45. The highest BCUT2D eigenvalue weighted by Crippen LogP contribution is 2.32. The minimum absolute atomic E-state index is 0.00165. The Balaban J connectivity index is 2.08. The molecule has 0 bridgehead atoms. The zero-order valence-electron chi connectivity index (χ0n) is 14.9. The maximum atomic E-state index is 14.0. The summed E-state index contributed by atoms with van der Waals surface area (Å²) in [5.41, 5.74) is 3.47. The molecule has 0 aliphatic rings. The van der Waals surface area contributed by atoms with Gasteiger partial charge in [-0.1, -0.05) is 0 Å². The van der Waals surface area contributed by atoms with Gasteiger partial charge in [-0.25, -0.2) is 14.2 Å². The van der Waals surface area contributed by atoms with Crippen molar-refractivity contribution >= 4 is 28.5 Å². The highest BCUT2D eigenvalue weighted by atomic mass is 19.1. The van der Waals surface area contributed by atoms with Crippen LogP contribution in [0.2, 0.25) is 0 Å². The molecule has 7 nitrogen and oxygen atoms in total. The highest BCUT2D eigenvalue weighted by Gasteiger charge is 2.14. The van der Waals surface area contributed by atoms with Gasteiger partial charge >= 0.3 is 6.09 Å². The van der Waals surface area contributed by atoms with Crippen molar-refractivity contribution in [1.29, 1.82) is 0 Å². The zero-order valence-corrected chi connectivity index (χ0v) is 14.9. The first kappa shape index (κ1) is 18.5. The fourth-order valence-corrected chi connectivity index (χ4v) is 2.89. The Morgan fingerprint density at radius 2 is 1.96 bits per heavy atom. The molecule has 3 aromatic rings. The maximum Gasteiger partial charge on any atom is 0.409 e. The van der Waals surface area contributed by atoms with Gasteiger partial charge in [0.25, 0.3) is 0 Å². The molecular formula is C19H19FN4O3. The van der Waals surface area contributed by atoms with Crippen LogP contribution in [0.3, 0.4) is 0 Å². The normalized spacial score (nSPS) is 10.8. The first-order valence-corrected chi connectivity index (χ1v) is 8.31. The smallest absolute Gasteiger partial charge is 0.409 e. The summed E-state index contributed by atoms with van der Waals surface area (Å²) in [4.78, 5) is 19.8. The number of nitrogens with one attached hydrogen (secondary N) is 2. The number of benzene rings is 1. The van der Waals surface area contributed by atoms with Gasteiger partial charge in [0, 0.05) is 35.5 Å². The van der Waals surface area contributed by atoms with Crippen molar-refractivity contribution in [1.82, 2.24) is 9.97 Å². The molecule has 1 aromatic carbocycles. The summed E-state index contributed by atoms with van der Waals surface area (Å²) in [5.74, 6) is -0.0200. The van der Waals surface area contributed by atoms with Gasteiger partial charge in [-0.05, 0) is 43.2 Å². The summed E-state index contributed by atoms with van der Waals surface area (Å²) in [7, 11) is 0. The molecule has 8 heteroatoms. The van der Waals surface area contributed by atoms with E-state index in [-0.39, 0.29) is 12.3 Å². The molecule has 1 amide bonds. The third-order valence-corrected chi connectivity index (χ3v) is 4.15. The Morgan fingerprint density at radius 1 is 1.19 bits per heavy atom. The van der Waals surface area contributed by atoms with E-state index < -0.39 is 11.9 Å². The van der Waals surface area contributed by atoms with Crippen molar-refractivity contribution in [2.75, 3.05) is 23.8 Å². The van der Waals surface area contributed by atoms with E-state index >= 15 is 0 Å². The van der Waals surface area contributed by atoms with Crippen LogP contribution < -0.4 is 10.6 Å². The predicted molar refractivity (Wildman–Crippen MR) is 102 cm³/mol. The van der Waals surface area contributed by atoms with Crippen LogP contribution in [-0.4, -0.2) is 39.4 Å². The fourth-order valence-electron chi connectivity index (χ4n) is 2.89. The number of aromatic nitrogens is 2. The van der Waals surface area contributed by atoms with E-state index in [0.717, 1.165) is 22.2 Å². The lowest BCUT2D eigenvalue weighted by Crippen LogP contribution is -2.09. The zero-order chi connectivity index (χ0) is 19.6. The third-order valence-electron chi connectivity index (χ3n) is 4.15. The number of rotatable bonds is 5. The average Bonchev–Trinajstić information content (AvgIpc) is 2.61. The number of hydrogen-bond donors (Lipinski definition) is 4. The van der Waals surface area contributed by atoms with E-state index in [1.807, 2.05) is 13.0 Å². The van der Waals surface area contributed by atoms with Gasteiger partial charge in [0.15, 0.2) is 0 Å². The number of carboxylic acid groups (broad SMARTS) is 1. The first-order valence-electron chi connectivity index (χ1n) is 8.31. The summed E-state index contributed by atoms with van der Waals surface area (Å²) in [6.45, 7) is 3.99. The van der Waals surface area contributed by atoms with Crippen molar-refractivity contribution in [3.63, 3.8) is 0 Å². The number of pyridine rings is 2. The van der Waals surface area contributed by atoms with Gasteiger partial charge < -0.3 is 15.5 Å². The second-order valence-corrected chi connectivity index (χ2v) is 6.11. The third kappa shape index (κ3) is 3.95. The van der Waals surface area contributed by atoms with Crippen LogP contribution in [0.1, 0.15) is 11.3 Å². The summed E-state index contributed by atoms with van der Waals surface area (Å²) >= 11 is 0. The molecule has 2 aromatic heterocycles. The van der Waals surface area contributed by atoms with Gasteiger partial charge in [-0.2, -0.15) is 0 Å². The largest absolute Gasteiger partial charge is 0.465 e. The van der Waals surface area contributed by atoms with Crippen molar-refractivity contribution in [2.24, 2.45) is 0 Å². The van der Waals surface area contributed by atoms with Crippen molar-refractivity contribution in [2.45, 2.75) is 13.8 Å². The van der Waals surface area contributed by atoms with Crippen molar-refractivity contribution in [3.8, 4) is 11.1 Å². The van der Waals surface area contributed by atoms with E-state index in [4.69, 9.17) is 10.2 Å². The van der Waals surface area contributed by atoms with Crippen molar-refractivity contribution in [3.05, 3.63) is 47.5 Å².